The van der Waals surface area contributed by atoms with E-state index in [-0.39, 0.29) is 12.1 Å². The minimum atomic E-state index is -0.913. The van der Waals surface area contributed by atoms with E-state index in [1.807, 2.05) is 31.2 Å². The molecule has 2 N–H and O–H groups in total. The van der Waals surface area contributed by atoms with Crippen molar-refractivity contribution in [3.05, 3.63) is 42.1 Å². The molecular formula is C18H24N4O2. The number of hydrogen-bond acceptors (Lipinski definition) is 3. The highest BCUT2D eigenvalue weighted by molar-refractivity contribution is 5.89. The molecule has 6 heteroatoms. The topological polar surface area (TPSA) is 70.4 Å². The zero-order valence-electron chi connectivity index (χ0n) is 14.4. The van der Waals surface area contributed by atoms with Gasteiger partial charge in [-0.1, -0.05) is 18.2 Å². The molecule has 3 rings (SSSR count). The van der Waals surface area contributed by atoms with Crippen LogP contribution in [-0.4, -0.2) is 44.0 Å². The first-order valence-electron chi connectivity index (χ1n) is 8.28. The summed E-state index contributed by atoms with van der Waals surface area (Å²) in [6, 6.07) is 9.29. The van der Waals surface area contributed by atoms with Crippen LogP contribution in [0, 0.1) is 6.92 Å². The second kappa shape index (κ2) is 6.28. The first-order valence-corrected chi connectivity index (χ1v) is 8.28. The molecule has 1 aliphatic rings. The van der Waals surface area contributed by atoms with E-state index in [0.29, 0.717) is 12.4 Å². The van der Waals surface area contributed by atoms with Crippen molar-refractivity contribution in [3.63, 3.8) is 0 Å². The van der Waals surface area contributed by atoms with Gasteiger partial charge in [-0.15, -0.1) is 0 Å². The molecule has 24 heavy (non-hydrogen) atoms. The number of nitrogens with one attached hydrogen (secondary N) is 1. The van der Waals surface area contributed by atoms with Gasteiger partial charge in [-0.3, -0.25) is 5.32 Å². The predicted molar refractivity (Wildman–Crippen MR) is 93.3 cm³/mol. The number of urea groups is 1. The monoisotopic (exact) mass is 328 g/mol. The Balaban J connectivity index is 1.82. The van der Waals surface area contributed by atoms with Crippen molar-refractivity contribution in [2.75, 3.05) is 11.9 Å². The maximum absolute atomic E-state index is 12.7. The van der Waals surface area contributed by atoms with Crippen molar-refractivity contribution in [1.82, 2.24) is 14.7 Å². The summed E-state index contributed by atoms with van der Waals surface area (Å²) in [5.74, 6) is 0.621. The number of aromatic nitrogens is 2. The number of para-hydroxylation sites is 1. The van der Waals surface area contributed by atoms with Crippen LogP contribution in [-0.2, 0) is 0 Å². The minimum absolute atomic E-state index is 0.174. The molecule has 0 aliphatic carbocycles. The maximum atomic E-state index is 12.7. The average molecular weight is 328 g/mol. The van der Waals surface area contributed by atoms with Gasteiger partial charge in [-0.05, 0) is 45.2 Å². The number of aliphatic hydroxyl groups is 1. The lowest BCUT2D eigenvalue weighted by Crippen LogP contribution is -2.49. The zero-order valence-corrected chi connectivity index (χ0v) is 14.4. The molecule has 2 heterocycles. The Kier molecular flexibility index (Phi) is 4.32. The van der Waals surface area contributed by atoms with Crippen LogP contribution in [0.3, 0.4) is 0 Å². The SMILES string of the molecule is Cc1ccccc1-n1nccc1NC(=O)N1CCCC1C(C)(C)O. The van der Waals surface area contributed by atoms with Gasteiger partial charge in [0, 0.05) is 12.6 Å². The fourth-order valence-corrected chi connectivity index (χ4v) is 3.32. The molecule has 2 amide bonds. The van der Waals surface area contributed by atoms with E-state index in [1.54, 1.807) is 35.7 Å². The highest BCUT2D eigenvalue weighted by atomic mass is 16.3. The fraction of sp³-hybridized carbons (Fsp3) is 0.444. The van der Waals surface area contributed by atoms with Crippen molar-refractivity contribution >= 4 is 11.8 Å². The smallest absolute Gasteiger partial charge is 0.323 e. The summed E-state index contributed by atoms with van der Waals surface area (Å²) in [6.07, 6.45) is 3.38. The third kappa shape index (κ3) is 3.14. The van der Waals surface area contributed by atoms with Gasteiger partial charge in [-0.2, -0.15) is 5.10 Å². The molecule has 1 aliphatic heterocycles. The van der Waals surface area contributed by atoms with Gasteiger partial charge >= 0.3 is 6.03 Å². The quantitative estimate of drug-likeness (QED) is 0.910. The van der Waals surface area contributed by atoms with Crippen LogP contribution in [0.2, 0.25) is 0 Å². The summed E-state index contributed by atoms with van der Waals surface area (Å²) in [6.45, 7) is 6.16. The maximum Gasteiger partial charge on any atom is 0.323 e. The minimum Gasteiger partial charge on any atom is -0.388 e. The highest BCUT2D eigenvalue weighted by Crippen LogP contribution is 2.27. The number of amides is 2. The Morgan fingerprint density at radius 1 is 1.33 bits per heavy atom. The summed E-state index contributed by atoms with van der Waals surface area (Å²) >= 11 is 0. The third-order valence-electron chi connectivity index (χ3n) is 4.55. The lowest BCUT2D eigenvalue weighted by Gasteiger charge is -2.33. The average Bonchev–Trinajstić information content (AvgIpc) is 3.16. The third-order valence-corrected chi connectivity index (χ3v) is 4.55. The highest BCUT2D eigenvalue weighted by Gasteiger charge is 2.38. The molecule has 1 atom stereocenters. The van der Waals surface area contributed by atoms with Crippen LogP contribution < -0.4 is 5.32 Å². The van der Waals surface area contributed by atoms with Crippen molar-refractivity contribution in [2.24, 2.45) is 0 Å². The van der Waals surface area contributed by atoms with Crippen LogP contribution in [0.1, 0.15) is 32.3 Å². The number of aryl methyl sites for hydroxylation is 1. The zero-order chi connectivity index (χ0) is 17.3. The van der Waals surface area contributed by atoms with Crippen molar-refractivity contribution in [1.29, 1.82) is 0 Å². The lowest BCUT2D eigenvalue weighted by molar-refractivity contribution is 0.0117. The van der Waals surface area contributed by atoms with E-state index < -0.39 is 5.60 Å². The number of hydrogen-bond donors (Lipinski definition) is 2. The largest absolute Gasteiger partial charge is 0.388 e. The molecule has 128 valence electrons. The first kappa shape index (κ1) is 16.5. The van der Waals surface area contributed by atoms with Gasteiger partial charge in [0.15, 0.2) is 0 Å². The molecule has 1 saturated heterocycles. The van der Waals surface area contributed by atoms with E-state index in [1.165, 1.54) is 0 Å². The number of carbonyl (C=O) groups is 1. The van der Waals surface area contributed by atoms with E-state index >= 15 is 0 Å². The molecule has 2 aromatic rings. The number of benzene rings is 1. The van der Waals surface area contributed by atoms with Gasteiger partial charge in [0.25, 0.3) is 0 Å². The molecule has 1 unspecified atom stereocenters. The Labute approximate surface area is 142 Å². The van der Waals surface area contributed by atoms with Gasteiger partial charge < -0.3 is 10.0 Å². The van der Waals surface area contributed by atoms with E-state index in [9.17, 15) is 9.90 Å². The summed E-state index contributed by atoms with van der Waals surface area (Å²) in [5, 5.41) is 17.6. The van der Waals surface area contributed by atoms with Crippen molar-refractivity contribution in [3.8, 4) is 5.69 Å². The van der Waals surface area contributed by atoms with Crippen LogP contribution in [0.5, 0.6) is 0 Å². The second-order valence-electron chi connectivity index (χ2n) is 6.85. The van der Waals surface area contributed by atoms with Gasteiger partial charge in [0.2, 0.25) is 0 Å². The summed E-state index contributed by atoms with van der Waals surface area (Å²) < 4.78 is 1.72. The molecule has 6 nitrogen and oxygen atoms in total. The number of nitrogens with zero attached hydrogens (tertiary/aromatic N) is 3. The number of carbonyl (C=O) groups excluding carboxylic acids is 1. The first-order chi connectivity index (χ1) is 11.4. The molecular weight excluding hydrogens is 304 g/mol. The van der Waals surface area contributed by atoms with E-state index in [4.69, 9.17) is 0 Å². The Bertz CT molecular complexity index is 733. The number of anilines is 1. The standard InChI is InChI=1S/C18H24N4O2/c1-13-7-4-5-8-14(13)22-16(10-11-19-22)20-17(23)21-12-6-9-15(21)18(2,3)24/h4-5,7-8,10-11,15,24H,6,9,12H2,1-3H3,(H,20,23). The van der Waals surface area contributed by atoms with E-state index in [0.717, 1.165) is 24.1 Å². The van der Waals surface area contributed by atoms with Gasteiger partial charge in [0.1, 0.15) is 5.82 Å². The molecule has 1 aromatic heterocycles. The van der Waals surface area contributed by atoms with Crippen LogP contribution in [0.15, 0.2) is 36.5 Å². The van der Waals surface area contributed by atoms with Crippen molar-refractivity contribution < 1.29 is 9.90 Å². The molecule has 1 aromatic carbocycles. The molecule has 0 bridgehead atoms. The molecule has 0 saturated carbocycles. The fourth-order valence-electron chi connectivity index (χ4n) is 3.32. The van der Waals surface area contributed by atoms with Gasteiger partial charge in [0.05, 0.1) is 23.5 Å². The second-order valence-corrected chi connectivity index (χ2v) is 6.85. The summed E-state index contributed by atoms with van der Waals surface area (Å²) in [4.78, 5) is 14.4. The van der Waals surface area contributed by atoms with E-state index in [2.05, 4.69) is 10.4 Å². The Morgan fingerprint density at radius 3 is 2.79 bits per heavy atom. The van der Waals surface area contributed by atoms with Crippen LogP contribution in [0.4, 0.5) is 10.6 Å². The lowest BCUT2D eigenvalue weighted by atomic mass is 9.97. The summed E-state index contributed by atoms with van der Waals surface area (Å²) in [5.41, 5.74) is 1.09. The van der Waals surface area contributed by atoms with Gasteiger partial charge in [-0.25, -0.2) is 9.48 Å². The van der Waals surface area contributed by atoms with Crippen molar-refractivity contribution in [2.45, 2.75) is 45.3 Å². The number of rotatable bonds is 3. The molecule has 0 radical (unpaired) electrons. The molecule has 0 spiro atoms. The number of likely N-dealkylation sites (tertiary alicyclic amines) is 1. The molecule has 1 fully saturated rings. The Hall–Kier alpha value is -2.34. The van der Waals surface area contributed by atoms with Crippen LogP contribution >= 0.6 is 0 Å². The Morgan fingerprint density at radius 2 is 2.08 bits per heavy atom. The predicted octanol–water partition coefficient (Wildman–Crippen LogP) is 2.95. The van der Waals surface area contributed by atoms with Crippen LogP contribution in [0.25, 0.3) is 5.69 Å². The normalized spacial score (nSPS) is 18.0. The summed E-state index contributed by atoms with van der Waals surface area (Å²) in [7, 11) is 0.